The summed E-state index contributed by atoms with van der Waals surface area (Å²) in [5.41, 5.74) is -0.872. The quantitative estimate of drug-likeness (QED) is 0.330. The van der Waals surface area contributed by atoms with Crippen molar-refractivity contribution in [3.05, 3.63) is 111 Å². The smallest absolute Gasteiger partial charge is 0.435 e. The number of halogens is 3. The van der Waals surface area contributed by atoms with Crippen molar-refractivity contribution in [2.24, 2.45) is 0 Å². The molecule has 0 fully saturated rings. The number of alkyl halides is 3. The van der Waals surface area contributed by atoms with E-state index in [2.05, 4.69) is 12.0 Å². The van der Waals surface area contributed by atoms with Crippen LogP contribution in [0.4, 0.5) is 18.0 Å². The van der Waals surface area contributed by atoms with E-state index in [0.29, 0.717) is 16.9 Å². The Balaban J connectivity index is 1.69. The second-order valence-corrected chi connectivity index (χ2v) is 10.2. The van der Waals surface area contributed by atoms with Gasteiger partial charge in [-0.15, -0.1) is 0 Å². The third-order valence-electron chi connectivity index (χ3n) is 6.20. The second kappa shape index (κ2) is 10.6. The van der Waals surface area contributed by atoms with Crippen LogP contribution in [-0.4, -0.2) is 30.6 Å². The Labute approximate surface area is 228 Å². The summed E-state index contributed by atoms with van der Waals surface area (Å²) in [5.74, 6) is 0. The fourth-order valence-corrected chi connectivity index (χ4v) is 4.17. The molecule has 40 heavy (non-hydrogen) atoms. The minimum absolute atomic E-state index is 0.0527. The predicted molar refractivity (Wildman–Crippen MR) is 143 cm³/mol. The van der Waals surface area contributed by atoms with Gasteiger partial charge in [0.2, 0.25) is 0 Å². The summed E-state index contributed by atoms with van der Waals surface area (Å²) in [6, 6.07) is 12.0. The highest BCUT2D eigenvalue weighted by Gasteiger charge is 2.33. The molecule has 2 aromatic carbocycles. The van der Waals surface area contributed by atoms with Crippen LogP contribution in [-0.2, 0) is 23.9 Å². The highest BCUT2D eigenvalue weighted by Crippen LogP contribution is 2.33. The molecular weight excluding hydrogens is 525 g/mol. The fraction of sp³-hybridized carbons (Fsp3) is 0.276. The topological polar surface area (TPSA) is 88.1 Å². The number of hydrogen-bond acceptors (Lipinski definition) is 5. The van der Waals surface area contributed by atoms with Crippen molar-refractivity contribution in [2.75, 3.05) is 0 Å². The molecule has 0 atom stereocenters. The average Bonchev–Trinajstić information content (AvgIpc) is 3.37. The molecule has 0 amide bonds. The van der Waals surface area contributed by atoms with E-state index in [1.54, 1.807) is 51.1 Å². The van der Waals surface area contributed by atoms with E-state index >= 15 is 0 Å². The molecule has 0 unspecified atom stereocenters. The average molecular weight is 554 g/mol. The van der Waals surface area contributed by atoms with Crippen molar-refractivity contribution in [3.63, 3.8) is 0 Å². The number of benzene rings is 2. The van der Waals surface area contributed by atoms with Crippen LogP contribution in [0, 0.1) is 13.8 Å². The fourth-order valence-electron chi connectivity index (χ4n) is 4.17. The van der Waals surface area contributed by atoms with Crippen molar-refractivity contribution in [3.8, 4) is 16.9 Å². The lowest BCUT2D eigenvalue weighted by atomic mass is 10.0. The molecule has 0 saturated heterocycles. The van der Waals surface area contributed by atoms with E-state index in [9.17, 15) is 27.6 Å². The Morgan fingerprint density at radius 3 is 2.27 bits per heavy atom. The van der Waals surface area contributed by atoms with Gasteiger partial charge in [-0.25, -0.2) is 9.59 Å². The Hall–Kier alpha value is -4.41. The van der Waals surface area contributed by atoms with Gasteiger partial charge in [0.25, 0.3) is 5.56 Å². The van der Waals surface area contributed by atoms with Crippen LogP contribution in [0.5, 0.6) is 0 Å². The molecule has 4 aromatic rings. The molecule has 11 heteroatoms. The van der Waals surface area contributed by atoms with Crippen LogP contribution < -0.4 is 11.2 Å². The summed E-state index contributed by atoms with van der Waals surface area (Å²) >= 11 is 0. The summed E-state index contributed by atoms with van der Waals surface area (Å²) < 4.78 is 48.8. The maximum atomic E-state index is 13.4. The van der Waals surface area contributed by atoms with Gasteiger partial charge in [-0.3, -0.25) is 13.9 Å². The van der Waals surface area contributed by atoms with E-state index in [-0.39, 0.29) is 29.7 Å². The molecule has 0 bridgehead atoms. The minimum Gasteiger partial charge on any atom is -0.442 e. The van der Waals surface area contributed by atoms with Crippen molar-refractivity contribution in [1.82, 2.24) is 18.9 Å². The van der Waals surface area contributed by atoms with Gasteiger partial charge in [0.15, 0.2) is 0 Å². The molecule has 0 saturated carbocycles. The zero-order chi connectivity index (χ0) is 29.4. The first-order valence-electron chi connectivity index (χ1n) is 12.4. The third-order valence-corrected chi connectivity index (χ3v) is 6.20. The van der Waals surface area contributed by atoms with Crippen LogP contribution >= 0.6 is 0 Å². The first kappa shape index (κ1) is 28.6. The number of aromatic nitrogens is 4. The zero-order valence-corrected chi connectivity index (χ0v) is 22.5. The van der Waals surface area contributed by atoms with Gasteiger partial charge in [0.1, 0.15) is 5.60 Å². The molecule has 0 aliphatic rings. The molecule has 8 nitrogen and oxygen atoms in total. The van der Waals surface area contributed by atoms with Gasteiger partial charge in [-0.05, 0) is 76.4 Å². The van der Waals surface area contributed by atoms with Gasteiger partial charge >= 0.3 is 18.0 Å². The SMILES string of the molecule is [CH2]Cc1cn(-c2ccc(-c3ccn(C(=O)OC(C)(C)C)n3)cc2)c(=O)n(Cc2cccc(C(F)(F)F)c2C)c1=O. The first-order chi connectivity index (χ1) is 18.7. The van der Waals surface area contributed by atoms with Gasteiger partial charge in [0, 0.05) is 23.5 Å². The molecule has 209 valence electrons. The van der Waals surface area contributed by atoms with Gasteiger partial charge in [-0.2, -0.15) is 23.0 Å². The lowest BCUT2D eigenvalue weighted by molar-refractivity contribution is -0.138. The van der Waals surface area contributed by atoms with Gasteiger partial charge in [0.05, 0.1) is 23.5 Å². The summed E-state index contributed by atoms with van der Waals surface area (Å²) in [4.78, 5) is 38.7. The number of hydrogen-bond donors (Lipinski definition) is 0. The van der Waals surface area contributed by atoms with Gasteiger partial charge < -0.3 is 4.74 Å². The Morgan fingerprint density at radius 1 is 1.00 bits per heavy atom. The number of rotatable bonds is 5. The van der Waals surface area contributed by atoms with Crippen LogP contribution in [0.2, 0.25) is 0 Å². The zero-order valence-electron chi connectivity index (χ0n) is 22.5. The number of carbonyl (C=O) groups is 1. The molecule has 0 aliphatic heterocycles. The van der Waals surface area contributed by atoms with Crippen molar-refractivity contribution < 1.29 is 22.7 Å². The third kappa shape index (κ3) is 5.93. The predicted octanol–water partition coefficient (Wildman–Crippen LogP) is 5.40. The van der Waals surface area contributed by atoms with Crippen molar-refractivity contribution in [1.29, 1.82) is 0 Å². The monoisotopic (exact) mass is 553 g/mol. The summed E-state index contributed by atoms with van der Waals surface area (Å²) in [6.07, 6.45) is -2.25. The van der Waals surface area contributed by atoms with Crippen LogP contribution in [0.25, 0.3) is 16.9 Å². The number of ether oxygens (including phenoxy) is 1. The normalized spacial score (nSPS) is 12.0. The van der Waals surface area contributed by atoms with Crippen LogP contribution in [0.1, 0.15) is 43.0 Å². The molecular formula is C29H28F3N4O4. The summed E-state index contributed by atoms with van der Waals surface area (Å²) in [6.45, 7) is 9.99. The summed E-state index contributed by atoms with van der Waals surface area (Å²) in [7, 11) is 0. The van der Waals surface area contributed by atoms with Crippen LogP contribution in [0.3, 0.4) is 0 Å². The lowest BCUT2D eigenvalue weighted by Crippen LogP contribution is -2.41. The van der Waals surface area contributed by atoms with Gasteiger partial charge in [-0.1, -0.05) is 24.3 Å². The second-order valence-electron chi connectivity index (χ2n) is 10.2. The standard InChI is InChI=1S/C29H28F3N4O4/c1-6-19-16-34(26(38)35(25(19)37)17-21-8-7-9-23(18(21)2)29(30,31)32)22-12-10-20(11-13-22)24-14-15-36(33-24)27(39)40-28(3,4)5/h7-16H,1,6,17H2,2-5H3. The number of carbonyl (C=O) groups excluding carboxylic acids is 1. The highest BCUT2D eigenvalue weighted by molar-refractivity contribution is 5.71. The lowest BCUT2D eigenvalue weighted by Gasteiger charge is -2.18. The molecule has 0 aliphatic carbocycles. The molecule has 2 heterocycles. The minimum atomic E-state index is -4.56. The Bertz CT molecular complexity index is 1670. The summed E-state index contributed by atoms with van der Waals surface area (Å²) in [5, 5.41) is 4.26. The Morgan fingerprint density at radius 2 is 1.68 bits per heavy atom. The first-order valence-corrected chi connectivity index (χ1v) is 12.4. The van der Waals surface area contributed by atoms with Crippen LogP contribution in [0.15, 0.2) is 70.5 Å². The van der Waals surface area contributed by atoms with E-state index in [1.165, 1.54) is 36.0 Å². The Kier molecular flexibility index (Phi) is 7.60. The van der Waals surface area contributed by atoms with E-state index in [1.807, 2.05) is 0 Å². The van der Waals surface area contributed by atoms with E-state index < -0.39 is 34.7 Å². The molecule has 4 rings (SSSR count). The number of nitrogens with zero attached hydrogens (tertiary/aromatic N) is 4. The van der Waals surface area contributed by atoms with Crippen molar-refractivity contribution in [2.45, 2.75) is 52.4 Å². The highest BCUT2D eigenvalue weighted by atomic mass is 19.4. The maximum absolute atomic E-state index is 13.4. The molecule has 0 N–H and O–H groups in total. The largest absolute Gasteiger partial charge is 0.442 e. The molecule has 2 aromatic heterocycles. The van der Waals surface area contributed by atoms with E-state index in [0.717, 1.165) is 15.3 Å². The molecule has 1 radical (unpaired) electrons. The molecule has 0 spiro atoms. The maximum Gasteiger partial charge on any atom is 0.435 e. The van der Waals surface area contributed by atoms with E-state index in [4.69, 9.17) is 4.74 Å². The van der Waals surface area contributed by atoms with Crippen molar-refractivity contribution >= 4 is 6.09 Å².